The number of ether oxygens (including phenoxy) is 2. The number of carbonyl (C=O) groups is 1. The fraction of sp³-hybridized carbons (Fsp3) is 0.368. The maximum Gasteiger partial charge on any atom is 0.246 e. The van der Waals surface area contributed by atoms with Crippen molar-refractivity contribution in [2.24, 2.45) is 0 Å². The molecule has 0 bridgehead atoms. The molecule has 1 aromatic heterocycles. The van der Waals surface area contributed by atoms with Crippen molar-refractivity contribution in [3.63, 3.8) is 0 Å². The zero-order valence-electron chi connectivity index (χ0n) is 14.6. The molecule has 0 saturated carbocycles. The van der Waals surface area contributed by atoms with Gasteiger partial charge >= 0.3 is 0 Å². The minimum absolute atomic E-state index is 0.0269. The summed E-state index contributed by atoms with van der Waals surface area (Å²) in [4.78, 5) is 14.4. The molecule has 6 heteroatoms. The molecule has 1 aliphatic rings. The van der Waals surface area contributed by atoms with Crippen LogP contribution in [0.4, 0.5) is 0 Å². The molecule has 1 atom stereocenters. The predicted molar refractivity (Wildman–Crippen MR) is 95.7 cm³/mol. The van der Waals surface area contributed by atoms with Crippen molar-refractivity contribution in [2.75, 3.05) is 27.3 Å². The zero-order chi connectivity index (χ0) is 17.6. The number of hydrogen-bond acceptors (Lipinski definition) is 4. The van der Waals surface area contributed by atoms with Gasteiger partial charge in [-0.1, -0.05) is 6.07 Å². The van der Waals surface area contributed by atoms with Gasteiger partial charge in [0.2, 0.25) is 5.91 Å². The number of benzene rings is 1. The van der Waals surface area contributed by atoms with E-state index in [-0.39, 0.29) is 5.91 Å². The number of rotatable bonds is 5. The minimum Gasteiger partial charge on any atom is -0.493 e. The van der Waals surface area contributed by atoms with Crippen LogP contribution in [0.3, 0.4) is 0 Å². The Labute approximate surface area is 147 Å². The standard InChI is InChI=1S/C19H23N3O3/c1-24-17-7-5-14(12-18(17)25-2)6-8-19(23)22-11-3-4-15(13-22)16-9-10-20-21-16/h5-10,12,15H,3-4,11,13H2,1-2H3,(H,20,21). The van der Waals surface area contributed by atoms with Gasteiger partial charge < -0.3 is 14.4 Å². The van der Waals surface area contributed by atoms with Crippen LogP contribution in [0, 0.1) is 0 Å². The lowest BCUT2D eigenvalue weighted by molar-refractivity contribution is -0.127. The summed E-state index contributed by atoms with van der Waals surface area (Å²) in [7, 11) is 3.20. The molecular weight excluding hydrogens is 318 g/mol. The number of H-pyrrole nitrogens is 1. The Morgan fingerprint density at radius 3 is 2.84 bits per heavy atom. The van der Waals surface area contributed by atoms with Gasteiger partial charge in [-0.3, -0.25) is 9.89 Å². The lowest BCUT2D eigenvalue weighted by Crippen LogP contribution is -2.38. The number of methoxy groups -OCH3 is 2. The molecule has 2 heterocycles. The molecule has 1 aromatic carbocycles. The average molecular weight is 341 g/mol. The summed E-state index contributed by atoms with van der Waals surface area (Å²) in [5.74, 6) is 1.67. The molecule has 1 fully saturated rings. The number of aromatic nitrogens is 2. The Bertz CT molecular complexity index is 740. The summed E-state index contributed by atoms with van der Waals surface area (Å²) >= 11 is 0. The van der Waals surface area contributed by atoms with Crippen molar-refractivity contribution in [1.29, 1.82) is 0 Å². The number of hydrogen-bond donors (Lipinski definition) is 1. The third kappa shape index (κ3) is 4.02. The maximum atomic E-state index is 12.5. The highest BCUT2D eigenvalue weighted by Crippen LogP contribution is 2.28. The normalized spacial score (nSPS) is 17.7. The van der Waals surface area contributed by atoms with Gasteiger partial charge in [-0.15, -0.1) is 0 Å². The molecule has 1 unspecified atom stereocenters. The monoisotopic (exact) mass is 341 g/mol. The molecule has 2 aromatic rings. The number of likely N-dealkylation sites (tertiary alicyclic amines) is 1. The van der Waals surface area contributed by atoms with Crippen LogP contribution in [-0.4, -0.2) is 48.3 Å². The van der Waals surface area contributed by atoms with Gasteiger partial charge in [-0.05, 0) is 42.7 Å². The summed E-state index contributed by atoms with van der Waals surface area (Å²) in [5.41, 5.74) is 1.99. The largest absolute Gasteiger partial charge is 0.493 e. The highest BCUT2D eigenvalue weighted by atomic mass is 16.5. The smallest absolute Gasteiger partial charge is 0.246 e. The van der Waals surface area contributed by atoms with Gasteiger partial charge in [0.15, 0.2) is 11.5 Å². The van der Waals surface area contributed by atoms with Crippen LogP contribution >= 0.6 is 0 Å². The third-order valence-electron chi connectivity index (χ3n) is 4.52. The highest BCUT2D eigenvalue weighted by Gasteiger charge is 2.24. The van der Waals surface area contributed by atoms with E-state index in [1.807, 2.05) is 35.2 Å². The number of amides is 1. The minimum atomic E-state index is 0.0269. The summed E-state index contributed by atoms with van der Waals surface area (Å²) in [6.45, 7) is 1.51. The van der Waals surface area contributed by atoms with Crippen LogP contribution in [0.5, 0.6) is 11.5 Å². The highest BCUT2D eigenvalue weighted by molar-refractivity contribution is 5.92. The summed E-state index contributed by atoms with van der Waals surface area (Å²) in [5, 5.41) is 7.03. The van der Waals surface area contributed by atoms with Gasteiger partial charge in [-0.2, -0.15) is 5.10 Å². The summed E-state index contributed by atoms with van der Waals surface area (Å²) in [6.07, 6.45) is 7.26. The molecule has 0 spiro atoms. The average Bonchev–Trinajstić information content (AvgIpc) is 3.20. The van der Waals surface area contributed by atoms with Gasteiger partial charge in [0.05, 0.1) is 14.2 Å². The molecule has 25 heavy (non-hydrogen) atoms. The number of nitrogens with zero attached hydrogens (tertiary/aromatic N) is 2. The van der Waals surface area contributed by atoms with Gasteiger partial charge in [0.1, 0.15) is 0 Å². The fourth-order valence-corrected chi connectivity index (χ4v) is 3.15. The fourth-order valence-electron chi connectivity index (χ4n) is 3.15. The van der Waals surface area contributed by atoms with E-state index in [0.717, 1.165) is 37.2 Å². The predicted octanol–water partition coefficient (Wildman–Crippen LogP) is 2.85. The Balaban J connectivity index is 1.66. The second kappa shape index (κ2) is 7.88. The van der Waals surface area contributed by atoms with Crippen molar-refractivity contribution >= 4 is 12.0 Å². The first kappa shape index (κ1) is 17.1. The van der Waals surface area contributed by atoms with Crippen LogP contribution < -0.4 is 9.47 Å². The lowest BCUT2D eigenvalue weighted by atomic mass is 9.95. The zero-order valence-corrected chi connectivity index (χ0v) is 14.6. The first-order chi connectivity index (χ1) is 12.2. The van der Waals surface area contributed by atoms with Crippen LogP contribution in [0.25, 0.3) is 6.08 Å². The SMILES string of the molecule is COc1ccc(C=CC(=O)N2CCCC(c3ccn[nH]3)C2)cc1OC. The molecule has 1 amide bonds. The summed E-state index contributed by atoms with van der Waals surface area (Å²) < 4.78 is 10.5. The van der Waals surface area contributed by atoms with Crippen molar-refractivity contribution < 1.29 is 14.3 Å². The molecule has 132 valence electrons. The van der Waals surface area contributed by atoms with Crippen molar-refractivity contribution in [3.05, 3.63) is 47.8 Å². The van der Waals surface area contributed by atoms with E-state index in [4.69, 9.17) is 9.47 Å². The first-order valence-corrected chi connectivity index (χ1v) is 8.39. The molecule has 6 nitrogen and oxygen atoms in total. The van der Waals surface area contributed by atoms with Crippen LogP contribution in [-0.2, 0) is 4.79 Å². The lowest BCUT2D eigenvalue weighted by Gasteiger charge is -2.31. The van der Waals surface area contributed by atoms with Gasteiger partial charge in [0.25, 0.3) is 0 Å². The molecule has 0 aliphatic carbocycles. The topological polar surface area (TPSA) is 67.5 Å². The third-order valence-corrected chi connectivity index (χ3v) is 4.52. The second-order valence-electron chi connectivity index (χ2n) is 6.08. The Kier molecular flexibility index (Phi) is 5.38. The quantitative estimate of drug-likeness (QED) is 0.849. The van der Waals surface area contributed by atoms with Crippen LogP contribution in [0.1, 0.15) is 30.0 Å². The van der Waals surface area contributed by atoms with E-state index in [0.29, 0.717) is 17.4 Å². The number of piperidine rings is 1. The Morgan fingerprint density at radius 1 is 1.28 bits per heavy atom. The van der Waals surface area contributed by atoms with E-state index in [1.54, 1.807) is 26.5 Å². The van der Waals surface area contributed by atoms with E-state index < -0.39 is 0 Å². The van der Waals surface area contributed by atoms with E-state index in [2.05, 4.69) is 10.2 Å². The van der Waals surface area contributed by atoms with E-state index in [9.17, 15) is 4.79 Å². The molecule has 3 rings (SSSR count). The molecule has 1 aliphatic heterocycles. The Hall–Kier alpha value is -2.76. The van der Waals surface area contributed by atoms with E-state index >= 15 is 0 Å². The number of nitrogens with one attached hydrogen (secondary N) is 1. The summed E-state index contributed by atoms with van der Waals surface area (Å²) in [6, 6.07) is 7.57. The Morgan fingerprint density at radius 2 is 2.12 bits per heavy atom. The molecule has 1 N–H and O–H groups in total. The van der Waals surface area contributed by atoms with Crippen molar-refractivity contribution in [1.82, 2.24) is 15.1 Å². The number of aromatic amines is 1. The van der Waals surface area contributed by atoms with Crippen LogP contribution in [0.2, 0.25) is 0 Å². The molecule has 1 saturated heterocycles. The van der Waals surface area contributed by atoms with Crippen LogP contribution in [0.15, 0.2) is 36.5 Å². The van der Waals surface area contributed by atoms with Crippen molar-refractivity contribution in [3.8, 4) is 11.5 Å². The van der Waals surface area contributed by atoms with Gasteiger partial charge in [0, 0.05) is 37.0 Å². The number of carbonyl (C=O) groups excluding carboxylic acids is 1. The first-order valence-electron chi connectivity index (χ1n) is 8.39. The van der Waals surface area contributed by atoms with Gasteiger partial charge in [-0.25, -0.2) is 0 Å². The van der Waals surface area contributed by atoms with E-state index in [1.165, 1.54) is 0 Å². The molecular formula is C19H23N3O3. The second-order valence-corrected chi connectivity index (χ2v) is 6.08. The van der Waals surface area contributed by atoms with Crippen molar-refractivity contribution in [2.45, 2.75) is 18.8 Å². The maximum absolute atomic E-state index is 12.5. The molecule has 0 radical (unpaired) electrons.